The van der Waals surface area contributed by atoms with Crippen LogP contribution in [-0.4, -0.2) is 32.7 Å². The lowest BCUT2D eigenvalue weighted by molar-refractivity contribution is -0.122. The Bertz CT molecular complexity index is 531. The van der Waals surface area contributed by atoms with Gasteiger partial charge in [-0.25, -0.2) is 0 Å². The standard InChI is InChI=1S/C17H26N2O3.ClH/c1-11-8-15(21-3)16(22-4)10-14(11)12(2)19-17(20)9-13-6-5-7-18-13;/h8,10,12-13,18H,5-7,9H2,1-4H3,(H,19,20);1H. The number of nitrogens with one attached hydrogen (secondary N) is 2. The Balaban J connectivity index is 0.00000264. The van der Waals surface area contributed by atoms with E-state index in [1.165, 1.54) is 0 Å². The Hall–Kier alpha value is -1.46. The molecule has 1 fully saturated rings. The highest BCUT2D eigenvalue weighted by Gasteiger charge is 2.20. The maximum Gasteiger partial charge on any atom is 0.222 e. The van der Waals surface area contributed by atoms with Crippen LogP contribution in [0.5, 0.6) is 11.5 Å². The van der Waals surface area contributed by atoms with Gasteiger partial charge in [0.15, 0.2) is 11.5 Å². The first kappa shape index (κ1) is 19.6. The predicted molar refractivity (Wildman–Crippen MR) is 93.7 cm³/mol. The van der Waals surface area contributed by atoms with Crippen molar-refractivity contribution in [1.82, 2.24) is 10.6 Å². The number of aryl methyl sites for hydroxylation is 1. The van der Waals surface area contributed by atoms with Crippen LogP contribution in [-0.2, 0) is 4.79 Å². The maximum atomic E-state index is 12.2. The molecule has 6 heteroatoms. The molecule has 0 radical (unpaired) electrons. The van der Waals surface area contributed by atoms with E-state index in [1.807, 2.05) is 26.0 Å². The molecule has 2 rings (SSSR count). The van der Waals surface area contributed by atoms with E-state index in [1.54, 1.807) is 14.2 Å². The van der Waals surface area contributed by atoms with E-state index in [0.717, 1.165) is 30.5 Å². The molecule has 0 aromatic heterocycles. The molecule has 5 nitrogen and oxygen atoms in total. The van der Waals surface area contributed by atoms with Gasteiger partial charge in [0.1, 0.15) is 0 Å². The van der Waals surface area contributed by atoms with Crippen LogP contribution in [0.3, 0.4) is 0 Å². The molecule has 2 atom stereocenters. The molecule has 0 bridgehead atoms. The van der Waals surface area contributed by atoms with Crippen molar-refractivity contribution in [3.63, 3.8) is 0 Å². The average molecular weight is 343 g/mol. The number of halogens is 1. The molecule has 1 aromatic rings. The molecule has 130 valence electrons. The van der Waals surface area contributed by atoms with Gasteiger partial charge in [-0.2, -0.15) is 0 Å². The van der Waals surface area contributed by atoms with Crippen molar-refractivity contribution < 1.29 is 14.3 Å². The fraction of sp³-hybridized carbons (Fsp3) is 0.588. The van der Waals surface area contributed by atoms with Crippen LogP contribution in [0, 0.1) is 6.92 Å². The smallest absolute Gasteiger partial charge is 0.222 e. The van der Waals surface area contributed by atoms with E-state index in [4.69, 9.17) is 9.47 Å². The number of methoxy groups -OCH3 is 2. The molecule has 23 heavy (non-hydrogen) atoms. The quantitative estimate of drug-likeness (QED) is 0.834. The van der Waals surface area contributed by atoms with Gasteiger partial charge < -0.3 is 20.1 Å². The van der Waals surface area contributed by atoms with Gasteiger partial charge in [0.05, 0.1) is 20.3 Å². The summed E-state index contributed by atoms with van der Waals surface area (Å²) in [7, 11) is 3.24. The molecule has 1 amide bonds. The van der Waals surface area contributed by atoms with Gasteiger partial charge in [-0.05, 0) is 56.5 Å². The summed E-state index contributed by atoms with van der Waals surface area (Å²) in [6.07, 6.45) is 2.77. The minimum Gasteiger partial charge on any atom is -0.493 e. The van der Waals surface area contributed by atoms with E-state index in [9.17, 15) is 4.79 Å². The van der Waals surface area contributed by atoms with Crippen LogP contribution in [0.2, 0.25) is 0 Å². The molecule has 2 unspecified atom stereocenters. The van der Waals surface area contributed by atoms with Crippen molar-refractivity contribution in [2.75, 3.05) is 20.8 Å². The molecule has 0 spiro atoms. The van der Waals surface area contributed by atoms with E-state index in [0.29, 0.717) is 24.0 Å². The monoisotopic (exact) mass is 342 g/mol. The number of carbonyl (C=O) groups is 1. The van der Waals surface area contributed by atoms with Gasteiger partial charge >= 0.3 is 0 Å². The van der Waals surface area contributed by atoms with Crippen LogP contribution in [0.1, 0.15) is 43.4 Å². The van der Waals surface area contributed by atoms with Gasteiger partial charge in [0, 0.05) is 12.5 Å². The van der Waals surface area contributed by atoms with E-state index < -0.39 is 0 Å². The lowest BCUT2D eigenvalue weighted by atomic mass is 10.0. The lowest BCUT2D eigenvalue weighted by Crippen LogP contribution is -2.33. The number of ether oxygens (including phenoxy) is 2. The summed E-state index contributed by atoms with van der Waals surface area (Å²) in [4.78, 5) is 12.2. The van der Waals surface area contributed by atoms with Crippen molar-refractivity contribution in [1.29, 1.82) is 0 Å². The average Bonchev–Trinajstić information content (AvgIpc) is 2.99. The van der Waals surface area contributed by atoms with Crippen LogP contribution in [0.4, 0.5) is 0 Å². The second-order valence-electron chi connectivity index (χ2n) is 5.85. The van der Waals surface area contributed by atoms with E-state index in [-0.39, 0.29) is 24.4 Å². The molecule has 2 N–H and O–H groups in total. The van der Waals surface area contributed by atoms with Crippen LogP contribution in [0.25, 0.3) is 0 Å². The molecule has 0 saturated carbocycles. The lowest BCUT2D eigenvalue weighted by Gasteiger charge is -2.20. The van der Waals surface area contributed by atoms with Crippen LogP contribution < -0.4 is 20.1 Å². The third-order valence-electron chi connectivity index (χ3n) is 4.21. The summed E-state index contributed by atoms with van der Waals surface area (Å²) >= 11 is 0. The number of hydrogen-bond acceptors (Lipinski definition) is 4. The maximum absolute atomic E-state index is 12.2. The Morgan fingerprint density at radius 1 is 1.35 bits per heavy atom. The number of benzene rings is 1. The fourth-order valence-corrected chi connectivity index (χ4v) is 3.00. The number of rotatable bonds is 6. The highest BCUT2D eigenvalue weighted by atomic mass is 35.5. The number of hydrogen-bond donors (Lipinski definition) is 2. The van der Waals surface area contributed by atoms with Gasteiger partial charge in [-0.3, -0.25) is 4.79 Å². The largest absolute Gasteiger partial charge is 0.493 e. The van der Waals surface area contributed by atoms with E-state index in [2.05, 4.69) is 10.6 Å². The summed E-state index contributed by atoms with van der Waals surface area (Å²) < 4.78 is 10.6. The first-order valence-electron chi connectivity index (χ1n) is 7.80. The highest BCUT2D eigenvalue weighted by molar-refractivity contribution is 5.85. The van der Waals surface area contributed by atoms with Crippen molar-refractivity contribution in [2.45, 2.75) is 45.2 Å². The number of carbonyl (C=O) groups excluding carboxylic acids is 1. The summed E-state index contributed by atoms with van der Waals surface area (Å²) in [5.41, 5.74) is 2.12. The minimum absolute atomic E-state index is 0. The molecule has 1 aliphatic rings. The van der Waals surface area contributed by atoms with Gasteiger partial charge in [-0.15, -0.1) is 12.4 Å². The third-order valence-corrected chi connectivity index (χ3v) is 4.21. The summed E-state index contributed by atoms with van der Waals surface area (Å²) in [6.45, 7) is 5.02. The SMILES string of the molecule is COc1cc(C)c(C(C)NC(=O)CC2CCCN2)cc1OC.Cl. The Kier molecular flexibility index (Phi) is 7.65. The highest BCUT2D eigenvalue weighted by Crippen LogP contribution is 2.32. The van der Waals surface area contributed by atoms with Crippen molar-refractivity contribution in [2.24, 2.45) is 0 Å². The molecule has 1 heterocycles. The normalized spacial score (nSPS) is 18.0. The molecular formula is C17H27ClN2O3. The zero-order chi connectivity index (χ0) is 16.1. The molecular weight excluding hydrogens is 316 g/mol. The predicted octanol–water partition coefficient (Wildman–Crippen LogP) is 2.75. The summed E-state index contributed by atoms with van der Waals surface area (Å²) in [5, 5.41) is 6.43. The van der Waals surface area contributed by atoms with Gasteiger partial charge in [-0.1, -0.05) is 0 Å². The molecule has 1 saturated heterocycles. The van der Waals surface area contributed by atoms with Crippen molar-refractivity contribution >= 4 is 18.3 Å². The summed E-state index contributed by atoms with van der Waals surface area (Å²) in [5.74, 6) is 1.47. The van der Waals surface area contributed by atoms with Gasteiger partial charge in [0.25, 0.3) is 0 Å². The zero-order valence-corrected chi connectivity index (χ0v) is 15.1. The Morgan fingerprint density at radius 3 is 2.57 bits per heavy atom. The van der Waals surface area contributed by atoms with Crippen molar-refractivity contribution in [3.05, 3.63) is 23.3 Å². The Labute approximate surface area is 144 Å². The minimum atomic E-state index is -0.0614. The molecule has 0 aliphatic carbocycles. The second-order valence-corrected chi connectivity index (χ2v) is 5.85. The Morgan fingerprint density at radius 2 is 2.00 bits per heavy atom. The fourth-order valence-electron chi connectivity index (χ4n) is 3.00. The zero-order valence-electron chi connectivity index (χ0n) is 14.3. The first-order valence-corrected chi connectivity index (χ1v) is 7.80. The van der Waals surface area contributed by atoms with Crippen molar-refractivity contribution in [3.8, 4) is 11.5 Å². The second kappa shape index (κ2) is 8.99. The first-order chi connectivity index (χ1) is 10.5. The number of amides is 1. The third kappa shape index (κ3) is 5.01. The summed E-state index contributed by atoms with van der Waals surface area (Å²) in [6, 6.07) is 4.13. The van der Waals surface area contributed by atoms with Crippen LogP contribution in [0.15, 0.2) is 12.1 Å². The van der Waals surface area contributed by atoms with E-state index >= 15 is 0 Å². The van der Waals surface area contributed by atoms with Crippen LogP contribution >= 0.6 is 12.4 Å². The molecule has 1 aliphatic heterocycles. The topological polar surface area (TPSA) is 59.6 Å². The molecule has 1 aromatic carbocycles. The van der Waals surface area contributed by atoms with Gasteiger partial charge in [0.2, 0.25) is 5.91 Å².